The van der Waals surface area contributed by atoms with Crippen LogP contribution in [0.4, 0.5) is 0 Å². The molecule has 0 aliphatic carbocycles. The van der Waals surface area contributed by atoms with Gasteiger partial charge in [-0.15, -0.1) is 0 Å². The fourth-order valence-electron chi connectivity index (χ4n) is 2.07. The maximum absolute atomic E-state index is 5.76. The van der Waals surface area contributed by atoms with Gasteiger partial charge in [0.25, 0.3) is 0 Å². The molecule has 2 aromatic rings. The molecule has 0 amide bonds. The van der Waals surface area contributed by atoms with Gasteiger partial charge in [-0.2, -0.15) is 5.10 Å². The van der Waals surface area contributed by atoms with Gasteiger partial charge in [0, 0.05) is 19.7 Å². The molecule has 0 saturated carbocycles. The smallest absolute Gasteiger partial charge is 0.212 e. The SMILES string of the molecule is Cc1cc(OCc2cccc(CNCC(C)C)n2)n(C)n1. The summed E-state index contributed by atoms with van der Waals surface area (Å²) in [5.74, 6) is 1.40. The molecule has 0 aliphatic heterocycles. The standard InChI is InChI=1S/C16H24N4O/c1-12(2)9-17-10-14-6-5-7-15(18-14)11-21-16-8-13(3)19-20(16)4/h5-8,12,17H,9-11H2,1-4H3. The molecule has 0 fully saturated rings. The maximum atomic E-state index is 5.76. The molecule has 5 heteroatoms. The highest BCUT2D eigenvalue weighted by atomic mass is 16.5. The minimum atomic E-state index is 0.455. The second-order valence-electron chi connectivity index (χ2n) is 5.68. The van der Waals surface area contributed by atoms with Crippen LogP contribution in [-0.4, -0.2) is 21.3 Å². The predicted molar refractivity (Wildman–Crippen MR) is 83.1 cm³/mol. The van der Waals surface area contributed by atoms with Crippen LogP contribution in [0.15, 0.2) is 24.3 Å². The molecule has 2 aromatic heterocycles. The summed E-state index contributed by atoms with van der Waals surface area (Å²) in [5, 5.41) is 7.66. The molecular formula is C16H24N4O. The molecule has 0 aliphatic rings. The minimum Gasteiger partial charge on any atom is -0.471 e. The Morgan fingerprint density at radius 1 is 1.29 bits per heavy atom. The molecule has 0 atom stereocenters. The van der Waals surface area contributed by atoms with E-state index in [2.05, 4.69) is 29.2 Å². The van der Waals surface area contributed by atoms with Gasteiger partial charge in [0.15, 0.2) is 0 Å². The number of nitrogens with zero attached hydrogens (tertiary/aromatic N) is 3. The fourth-order valence-corrected chi connectivity index (χ4v) is 2.07. The number of hydrogen-bond acceptors (Lipinski definition) is 4. The van der Waals surface area contributed by atoms with Crippen molar-refractivity contribution in [1.82, 2.24) is 20.1 Å². The molecule has 5 nitrogen and oxygen atoms in total. The second-order valence-corrected chi connectivity index (χ2v) is 5.68. The Morgan fingerprint density at radius 3 is 2.71 bits per heavy atom. The zero-order chi connectivity index (χ0) is 15.2. The fraction of sp³-hybridized carbons (Fsp3) is 0.500. The van der Waals surface area contributed by atoms with Crippen molar-refractivity contribution < 1.29 is 4.74 Å². The van der Waals surface area contributed by atoms with Gasteiger partial charge in [0.05, 0.1) is 17.1 Å². The highest BCUT2D eigenvalue weighted by molar-refractivity contribution is 5.16. The Bertz CT molecular complexity index is 577. The molecule has 114 valence electrons. The lowest BCUT2D eigenvalue weighted by Crippen LogP contribution is -2.19. The van der Waals surface area contributed by atoms with E-state index in [1.54, 1.807) is 4.68 Å². The van der Waals surface area contributed by atoms with E-state index in [1.807, 2.05) is 38.2 Å². The number of ether oxygens (including phenoxy) is 1. The van der Waals surface area contributed by atoms with Gasteiger partial charge in [-0.3, -0.25) is 4.98 Å². The van der Waals surface area contributed by atoms with Gasteiger partial charge in [0.1, 0.15) is 6.61 Å². The lowest BCUT2D eigenvalue weighted by Gasteiger charge is -2.09. The molecule has 2 heterocycles. The van der Waals surface area contributed by atoms with E-state index in [4.69, 9.17) is 4.74 Å². The summed E-state index contributed by atoms with van der Waals surface area (Å²) in [5.41, 5.74) is 2.92. The monoisotopic (exact) mass is 288 g/mol. The van der Waals surface area contributed by atoms with E-state index in [0.29, 0.717) is 12.5 Å². The quantitative estimate of drug-likeness (QED) is 0.850. The number of aromatic nitrogens is 3. The van der Waals surface area contributed by atoms with Gasteiger partial charge < -0.3 is 10.1 Å². The van der Waals surface area contributed by atoms with Gasteiger partial charge in [-0.25, -0.2) is 4.68 Å². The van der Waals surface area contributed by atoms with Crippen LogP contribution in [-0.2, 0) is 20.2 Å². The van der Waals surface area contributed by atoms with Crippen LogP contribution in [0.1, 0.15) is 30.9 Å². The molecular weight excluding hydrogens is 264 g/mol. The van der Waals surface area contributed by atoms with E-state index < -0.39 is 0 Å². The van der Waals surface area contributed by atoms with Crippen LogP contribution in [0.25, 0.3) is 0 Å². The summed E-state index contributed by atoms with van der Waals surface area (Å²) in [6.07, 6.45) is 0. The largest absolute Gasteiger partial charge is 0.471 e. The Kier molecular flexibility index (Phi) is 5.33. The van der Waals surface area contributed by atoms with Crippen molar-refractivity contribution in [3.8, 4) is 5.88 Å². The summed E-state index contributed by atoms with van der Waals surface area (Å²) in [6.45, 7) is 8.58. The van der Waals surface area contributed by atoms with E-state index in [1.165, 1.54) is 0 Å². The van der Waals surface area contributed by atoms with E-state index in [9.17, 15) is 0 Å². The topological polar surface area (TPSA) is 52.0 Å². The van der Waals surface area contributed by atoms with Crippen molar-refractivity contribution >= 4 is 0 Å². The average molecular weight is 288 g/mol. The third kappa shape index (κ3) is 4.86. The van der Waals surface area contributed by atoms with Gasteiger partial charge in [-0.1, -0.05) is 19.9 Å². The summed E-state index contributed by atoms with van der Waals surface area (Å²) < 4.78 is 7.50. The first kappa shape index (κ1) is 15.5. The van der Waals surface area contributed by atoms with Gasteiger partial charge in [0.2, 0.25) is 5.88 Å². The molecule has 1 N–H and O–H groups in total. The van der Waals surface area contributed by atoms with Gasteiger partial charge >= 0.3 is 0 Å². The Hall–Kier alpha value is -1.88. The third-order valence-electron chi connectivity index (χ3n) is 3.05. The molecule has 0 spiro atoms. The number of hydrogen-bond donors (Lipinski definition) is 1. The predicted octanol–water partition coefficient (Wildman–Crippen LogP) is 2.45. The summed E-state index contributed by atoms with van der Waals surface area (Å²) in [6, 6.07) is 7.96. The van der Waals surface area contributed by atoms with Crippen molar-refractivity contribution in [1.29, 1.82) is 0 Å². The Labute approximate surface area is 126 Å². The van der Waals surface area contributed by atoms with Crippen molar-refractivity contribution in [2.45, 2.75) is 33.9 Å². The molecule has 0 aromatic carbocycles. The second kappa shape index (κ2) is 7.22. The normalized spacial score (nSPS) is 11.1. The number of nitrogens with one attached hydrogen (secondary N) is 1. The number of aryl methyl sites for hydroxylation is 2. The van der Waals surface area contributed by atoms with E-state index in [0.717, 1.165) is 36.1 Å². The maximum Gasteiger partial charge on any atom is 0.212 e. The molecule has 2 rings (SSSR count). The Morgan fingerprint density at radius 2 is 2.05 bits per heavy atom. The first-order chi connectivity index (χ1) is 10.0. The van der Waals surface area contributed by atoms with Crippen LogP contribution in [0.5, 0.6) is 5.88 Å². The first-order valence-electron chi connectivity index (χ1n) is 7.33. The van der Waals surface area contributed by atoms with Crippen molar-refractivity contribution in [3.63, 3.8) is 0 Å². The van der Waals surface area contributed by atoms with Crippen LogP contribution in [0, 0.1) is 12.8 Å². The van der Waals surface area contributed by atoms with Crippen LogP contribution in [0.2, 0.25) is 0 Å². The molecule has 0 saturated heterocycles. The number of pyridine rings is 1. The van der Waals surface area contributed by atoms with E-state index >= 15 is 0 Å². The average Bonchev–Trinajstić information content (AvgIpc) is 2.75. The van der Waals surface area contributed by atoms with Crippen LogP contribution >= 0.6 is 0 Å². The lowest BCUT2D eigenvalue weighted by molar-refractivity contribution is 0.274. The highest BCUT2D eigenvalue weighted by Crippen LogP contribution is 2.13. The van der Waals surface area contributed by atoms with E-state index in [-0.39, 0.29) is 0 Å². The molecule has 21 heavy (non-hydrogen) atoms. The first-order valence-corrected chi connectivity index (χ1v) is 7.33. The summed E-state index contributed by atoms with van der Waals surface area (Å²) in [7, 11) is 1.88. The molecule has 0 unspecified atom stereocenters. The van der Waals surface area contributed by atoms with Crippen LogP contribution < -0.4 is 10.1 Å². The lowest BCUT2D eigenvalue weighted by atomic mass is 10.2. The summed E-state index contributed by atoms with van der Waals surface area (Å²) in [4.78, 5) is 4.60. The zero-order valence-electron chi connectivity index (χ0n) is 13.3. The van der Waals surface area contributed by atoms with Crippen molar-refractivity contribution in [2.24, 2.45) is 13.0 Å². The minimum absolute atomic E-state index is 0.455. The Balaban J connectivity index is 1.90. The van der Waals surface area contributed by atoms with Crippen molar-refractivity contribution in [2.75, 3.05) is 6.54 Å². The third-order valence-corrected chi connectivity index (χ3v) is 3.05. The molecule has 0 bridgehead atoms. The molecule has 0 radical (unpaired) electrons. The number of rotatable bonds is 7. The van der Waals surface area contributed by atoms with Gasteiger partial charge in [-0.05, 0) is 31.5 Å². The van der Waals surface area contributed by atoms with Crippen LogP contribution in [0.3, 0.4) is 0 Å². The highest BCUT2D eigenvalue weighted by Gasteiger charge is 2.04. The summed E-state index contributed by atoms with van der Waals surface area (Å²) >= 11 is 0. The van der Waals surface area contributed by atoms with Crippen molar-refractivity contribution in [3.05, 3.63) is 41.3 Å². The zero-order valence-corrected chi connectivity index (χ0v) is 13.3.